The van der Waals surface area contributed by atoms with Crippen molar-refractivity contribution in [1.29, 1.82) is 0 Å². The molecule has 1 atom stereocenters. The zero-order valence-corrected chi connectivity index (χ0v) is 7.88. The molecule has 0 radical (unpaired) electrons. The standard InChI is InChI=1S/C10H15N3/c1-11-10-5-4-8(7-13-10)9-3-2-6-12-9/h4-5,7,9,12H,2-3,6H2,1H3,(H,11,13)/t9-/m0/s1. The van der Waals surface area contributed by atoms with Crippen molar-refractivity contribution in [1.82, 2.24) is 10.3 Å². The van der Waals surface area contributed by atoms with Gasteiger partial charge in [0.2, 0.25) is 0 Å². The van der Waals surface area contributed by atoms with Gasteiger partial charge in [0.25, 0.3) is 0 Å². The third-order valence-electron chi connectivity index (χ3n) is 2.51. The molecule has 1 aliphatic heterocycles. The second kappa shape index (κ2) is 3.75. The quantitative estimate of drug-likeness (QED) is 0.719. The van der Waals surface area contributed by atoms with Gasteiger partial charge in [-0.15, -0.1) is 0 Å². The van der Waals surface area contributed by atoms with E-state index in [1.54, 1.807) is 0 Å². The molecule has 0 spiro atoms. The molecular weight excluding hydrogens is 162 g/mol. The Hall–Kier alpha value is -1.09. The SMILES string of the molecule is CNc1ccc([C@@H]2CCCN2)cn1. The van der Waals surface area contributed by atoms with Crippen molar-refractivity contribution in [2.45, 2.75) is 18.9 Å². The normalized spacial score (nSPS) is 21.8. The molecule has 0 bridgehead atoms. The van der Waals surface area contributed by atoms with Crippen LogP contribution >= 0.6 is 0 Å². The first-order valence-electron chi connectivity index (χ1n) is 4.77. The van der Waals surface area contributed by atoms with Gasteiger partial charge in [0.15, 0.2) is 0 Å². The molecule has 3 heteroatoms. The van der Waals surface area contributed by atoms with E-state index in [0.29, 0.717) is 6.04 Å². The Morgan fingerprint density at radius 1 is 1.54 bits per heavy atom. The number of anilines is 1. The lowest BCUT2D eigenvalue weighted by molar-refractivity contribution is 0.645. The van der Waals surface area contributed by atoms with Crippen LogP contribution in [-0.4, -0.2) is 18.6 Å². The largest absolute Gasteiger partial charge is 0.373 e. The number of pyridine rings is 1. The Morgan fingerprint density at radius 2 is 2.46 bits per heavy atom. The fourth-order valence-corrected chi connectivity index (χ4v) is 1.73. The first-order valence-corrected chi connectivity index (χ1v) is 4.77. The minimum atomic E-state index is 0.526. The van der Waals surface area contributed by atoms with E-state index in [1.807, 2.05) is 19.3 Å². The fourth-order valence-electron chi connectivity index (χ4n) is 1.73. The summed E-state index contributed by atoms with van der Waals surface area (Å²) in [5.41, 5.74) is 1.30. The maximum atomic E-state index is 4.29. The molecule has 3 nitrogen and oxygen atoms in total. The topological polar surface area (TPSA) is 37.0 Å². The molecule has 1 aromatic rings. The van der Waals surface area contributed by atoms with Gasteiger partial charge in [-0.25, -0.2) is 4.98 Å². The lowest BCUT2D eigenvalue weighted by atomic mass is 10.1. The summed E-state index contributed by atoms with van der Waals surface area (Å²) >= 11 is 0. The average molecular weight is 177 g/mol. The summed E-state index contributed by atoms with van der Waals surface area (Å²) < 4.78 is 0. The highest BCUT2D eigenvalue weighted by molar-refractivity contribution is 5.35. The van der Waals surface area contributed by atoms with Crippen LogP contribution in [0.5, 0.6) is 0 Å². The molecule has 0 aliphatic carbocycles. The Morgan fingerprint density at radius 3 is 3.00 bits per heavy atom. The zero-order chi connectivity index (χ0) is 9.10. The van der Waals surface area contributed by atoms with Crippen LogP contribution < -0.4 is 10.6 Å². The molecule has 1 aromatic heterocycles. The van der Waals surface area contributed by atoms with Gasteiger partial charge in [0, 0.05) is 19.3 Å². The number of nitrogens with one attached hydrogen (secondary N) is 2. The molecule has 1 saturated heterocycles. The number of hydrogen-bond acceptors (Lipinski definition) is 3. The first-order chi connectivity index (χ1) is 6.40. The van der Waals surface area contributed by atoms with Gasteiger partial charge < -0.3 is 10.6 Å². The van der Waals surface area contributed by atoms with Crippen LogP contribution in [0.3, 0.4) is 0 Å². The minimum absolute atomic E-state index is 0.526. The van der Waals surface area contributed by atoms with Crippen molar-refractivity contribution in [3.8, 4) is 0 Å². The third-order valence-corrected chi connectivity index (χ3v) is 2.51. The molecule has 0 unspecified atom stereocenters. The van der Waals surface area contributed by atoms with Gasteiger partial charge in [-0.1, -0.05) is 6.07 Å². The van der Waals surface area contributed by atoms with Crippen molar-refractivity contribution < 1.29 is 0 Å². The van der Waals surface area contributed by atoms with Crippen LogP contribution in [0.2, 0.25) is 0 Å². The Balaban J connectivity index is 2.12. The van der Waals surface area contributed by atoms with E-state index in [4.69, 9.17) is 0 Å². The lowest BCUT2D eigenvalue weighted by Gasteiger charge is -2.10. The molecule has 0 aromatic carbocycles. The predicted octanol–water partition coefficient (Wildman–Crippen LogP) is 1.55. The van der Waals surface area contributed by atoms with E-state index in [-0.39, 0.29) is 0 Å². The summed E-state index contributed by atoms with van der Waals surface area (Å²) in [5, 5.41) is 6.46. The maximum absolute atomic E-state index is 4.29. The molecule has 2 N–H and O–H groups in total. The van der Waals surface area contributed by atoms with Gasteiger partial charge in [-0.3, -0.25) is 0 Å². The van der Waals surface area contributed by atoms with Crippen LogP contribution in [0.1, 0.15) is 24.4 Å². The summed E-state index contributed by atoms with van der Waals surface area (Å²) in [6, 6.07) is 4.69. The molecular formula is C10H15N3. The Kier molecular flexibility index (Phi) is 2.45. The molecule has 2 rings (SSSR count). The number of rotatable bonds is 2. The summed E-state index contributed by atoms with van der Waals surface area (Å²) in [4.78, 5) is 4.29. The maximum Gasteiger partial charge on any atom is 0.125 e. The molecule has 0 saturated carbocycles. The summed E-state index contributed by atoms with van der Waals surface area (Å²) in [6.45, 7) is 1.14. The Labute approximate surface area is 78.6 Å². The number of aromatic nitrogens is 1. The van der Waals surface area contributed by atoms with E-state index < -0.39 is 0 Å². The summed E-state index contributed by atoms with van der Waals surface area (Å²) in [7, 11) is 1.88. The van der Waals surface area contributed by atoms with Gasteiger partial charge in [-0.2, -0.15) is 0 Å². The van der Waals surface area contributed by atoms with Gasteiger partial charge in [0.1, 0.15) is 5.82 Å². The summed E-state index contributed by atoms with van der Waals surface area (Å²) in [6.07, 6.45) is 4.47. The molecule has 70 valence electrons. The van der Waals surface area contributed by atoms with Gasteiger partial charge in [0.05, 0.1) is 0 Å². The Bertz CT molecular complexity index is 262. The summed E-state index contributed by atoms with van der Waals surface area (Å²) in [5.74, 6) is 0.932. The third kappa shape index (κ3) is 1.80. The van der Waals surface area contributed by atoms with Crippen LogP contribution in [0.4, 0.5) is 5.82 Å². The second-order valence-corrected chi connectivity index (χ2v) is 3.38. The molecule has 0 amide bonds. The minimum Gasteiger partial charge on any atom is -0.373 e. The molecule has 2 heterocycles. The van der Waals surface area contributed by atoms with Crippen molar-refractivity contribution in [3.05, 3.63) is 23.9 Å². The van der Waals surface area contributed by atoms with Gasteiger partial charge >= 0.3 is 0 Å². The van der Waals surface area contributed by atoms with Crippen LogP contribution in [0.25, 0.3) is 0 Å². The first kappa shape index (κ1) is 8.51. The van der Waals surface area contributed by atoms with E-state index in [1.165, 1.54) is 18.4 Å². The van der Waals surface area contributed by atoms with Crippen LogP contribution in [0, 0.1) is 0 Å². The molecule has 13 heavy (non-hydrogen) atoms. The fraction of sp³-hybridized carbons (Fsp3) is 0.500. The van der Waals surface area contributed by atoms with E-state index in [9.17, 15) is 0 Å². The highest BCUT2D eigenvalue weighted by Crippen LogP contribution is 2.22. The van der Waals surface area contributed by atoms with Crippen molar-refractivity contribution in [2.75, 3.05) is 18.9 Å². The van der Waals surface area contributed by atoms with Crippen LogP contribution in [-0.2, 0) is 0 Å². The number of hydrogen-bond donors (Lipinski definition) is 2. The molecule has 1 fully saturated rings. The van der Waals surface area contributed by atoms with E-state index in [0.717, 1.165) is 12.4 Å². The molecule has 1 aliphatic rings. The van der Waals surface area contributed by atoms with Crippen molar-refractivity contribution in [3.63, 3.8) is 0 Å². The monoisotopic (exact) mass is 177 g/mol. The highest BCUT2D eigenvalue weighted by Gasteiger charge is 2.15. The zero-order valence-electron chi connectivity index (χ0n) is 7.88. The van der Waals surface area contributed by atoms with E-state index in [2.05, 4.69) is 21.7 Å². The average Bonchev–Trinajstić information content (AvgIpc) is 2.71. The van der Waals surface area contributed by atoms with Crippen LogP contribution in [0.15, 0.2) is 18.3 Å². The van der Waals surface area contributed by atoms with Crippen molar-refractivity contribution in [2.24, 2.45) is 0 Å². The van der Waals surface area contributed by atoms with Crippen molar-refractivity contribution >= 4 is 5.82 Å². The number of nitrogens with zero attached hydrogens (tertiary/aromatic N) is 1. The van der Waals surface area contributed by atoms with Gasteiger partial charge in [-0.05, 0) is 31.0 Å². The lowest BCUT2D eigenvalue weighted by Crippen LogP contribution is -2.13. The smallest absolute Gasteiger partial charge is 0.125 e. The second-order valence-electron chi connectivity index (χ2n) is 3.38. The highest BCUT2D eigenvalue weighted by atomic mass is 15.0. The predicted molar refractivity (Wildman–Crippen MR) is 53.8 cm³/mol. The van der Waals surface area contributed by atoms with E-state index >= 15 is 0 Å².